The van der Waals surface area contributed by atoms with E-state index in [0.717, 1.165) is 17.0 Å². The SMILES string of the molecule is Cc1cc(C)n2nc(NC(=O)c3c(C)ccn(Cc4cccnc4)c3=O)cc2n1. The molecule has 0 aromatic carbocycles. The first-order valence-electron chi connectivity index (χ1n) is 9.16. The lowest BCUT2D eigenvalue weighted by molar-refractivity contribution is 0.102. The molecule has 0 aliphatic rings. The summed E-state index contributed by atoms with van der Waals surface area (Å²) in [5, 5.41) is 7.10. The molecule has 4 aromatic heterocycles. The quantitative estimate of drug-likeness (QED) is 0.580. The molecule has 146 valence electrons. The summed E-state index contributed by atoms with van der Waals surface area (Å²) in [5.41, 5.74) is 3.62. The Hall–Kier alpha value is -3.81. The number of carbonyl (C=O) groups excluding carboxylic acids is 1. The van der Waals surface area contributed by atoms with E-state index in [4.69, 9.17) is 0 Å². The first-order chi connectivity index (χ1) is 13.9. The van der Waals surface area contributed by atoms with E-state index >= 15 is 0 Å². The van der Waals surface area contributed by atoms with Gasteiger partial charge in [-0.3, -0.25) is 14.6 Å². The van der Waals surface area contributed by atoms with Gasteiger partial charge in [0.1, 0.15) is 5.56 Å². The topological polar surface area (TPSA) is 94.2 Å². The Morgan fingerprint density at radius 3 is 2.76 bits per heavy atom. The third kappa shape index (κ3) is 3.64. The van der Waals surface area contributed by atoms with E-state index in [9.17, 15) is 9.59 Å². The molecule has 0 unspecified atom stereocenters. The van der Waals surface area contributed by atoms with Crippen LogP contribution in [-0.4, -0.2) is 30.1 Å². The van der Waals surface area contributed by atoms with Crippen LogP contribution in [0.25, 0.3) is 5.65 Å². The molecule has 8 heteroatoms. The Morgan fingerprint density at radius 2 is 2.00 bits per heavy atom. The maximum absolute atomic E-state index is 12.9. The molecule has 0 saturated carbocycles. The molecule has 4 heterocycles. The number of aromatic nitrogens is 5. The van der Waals surface area contributed by atoms with Gasteiger partial charge in [-0.15, -0.1) is 5.10 Å². The molecule has 1 N–H and O–H groups in total. The zero-order chi connectivity index (χ0) is 20.5. The Balaban J connectivity index is 1.66. The first kappa shape index (κ1) is 18.5. The van der Waals surface area contributed by atoms with E-state index < -0.39 is 5.91 Å². The van der Waals surface area contributed by atoms with E-state index in [0.29, 0.717) is 23.6 Å². The molecule has 4 aromatic rings. The molecule has 0 saturated heterocycles. The zero-order valence-corrected chi connectivity index (χ0v) is 16.4. The Kier molecular flexibility index (Phi) is 4.67. The second-order valence-corrected chi connectivity index (χ2v) is 6.96. The van der Waals surface area contributed by atoms with Gasteiger partial charge in [-0.25, -0.2) is 9.50 Å². The zero-order valence-electron chi connectivity index (χ0n) is 16.4. The Morgan fingerprint density at radius 1 is 1.17 bits per heavy atom. The maximum atomic E-state index is 12.9. The van der Waals surface area contributed by atoms with Crippen molar-refractivity contribution in [2.24, 2.45) is 0 Å². The lowest BCUT2D eigenvalue weighted by atomic mass is 10.1. The van der Waals surface area contributed by atoms with Crippen molar-refractivity contribution in [3.8, 4) is 0 Å². The summed E-state index contributed by atoms with van der Waals surface area (Å²) in [5.74, 6) is -0.150. The van der Waals surface area contributed by atoms with E-state index in [-0.39, 0.29) is 11.1 Å². The molecule has 8 nitrogen and oxygen atoms in total. The number of nitrogens with zero attached hydrogens (tertiary/aromatic N) is 5. The second-order valence-electron chi connectivity index (χ2n) is 6.96. The van der Waals surface area contributed by atoms with Crippen molar-refractivity contribution in [1.29, 1.82) is 0 Å². The summed E-state index contributed by atoms with van der Waals surface area (Å²) < 4.78 is 3.15. The monoisotopic (exact) mass is 388 g/mol. The standard InChI is InChI=1S/C21H20N6O2/c1-13-6-8-26(12-16-5-4-7-22-11-16)21(29)19(13)20(28)24-17-10-18-23-14(2)9-15(3)27(18)25-17/h4-11H,12H2,1-3H3,(H,24,25,28). The third-order valence-corrected chi connectivity index (χ3v) is 4.65. The van der Waals surface area contributed by atoms with Gasteiger partial charge in [0.15, 0.2) is 11.5 Å². The molecule has 0 atom stereocenters. The van der Waals surface area contributed by atoms with Crippen LogP contribution in [0.15, 0.2) is 53.7 Å². The average Bonchev–Trinajstić information content (AvgIpc) is 3.07. The number of hydrogen-bond donors (Lipinski definition) is 1. The number of nitrogens with one attached hydrogen (secondary N) is 1. The van der Waals surface area contributed by atoms with E-state index in [1.807, 2.05) is 32.0 Å². The number of hydrogen-bond acceptors (Lipinski definition) is 5. The van der Waals surface area contributed by atoms with Crippen LogP contribution in [0.2, 0.25) is 0 Å². The van der Waals surface area contributed by atoms with E-state index in [2.05, 4.69) is 20.4 Å². The van der Waals surface area contributed by atoms with Gasteiger partial charge in [0.05, 0.1) is 6.54 Å². The van der Waals surface area contributed by atoms with Crippen molar-refractivity contribution in [2.45, 2.75) is 27.3 Å². The van der Waals surface area contributed by atoms with Crippen LogP contribution >= 0.6 is 0 Å². The van der Waals surface area contributed by atoms with Gasteiger partial charge in [-0.1, -0.05) is 6.07 Å². The van der Waals surface area contributed by atoms with E-state index in [1.54, 1.807) is 42.2 Å². The van der Waals surface area contributed by atoms with Crippen molar-refractivity contribution in [3.05, 3.63) is 87.4 Å². The molecule has 0 aliphatic carbocycles. The molecular weight excluding hydrogens is 368 g/mol. The molecule has 29 heavy (non-hydrogen) atoms. The van der Waals surface area contributed by atoms with Gasteiger partial charge in [0, 0.05) is 36.0 Å². The minimum atomic E-state index is -0.495. The molecule has 0 aliphatic heterocycles. The normalized spacial score (nSPS) is 11.0. The van der Waals surface area contributed by atoms with Gasteiger partial charge in [0.25, 0.3) is 11.5 Å². The highest BCUT2D eigenvalue weighted by Gasteiger charge is 2.18. The smallest absolute Gasteiger partial charge is 0.263 e. The summed E-state index contributed by atoms with van der Waals surface area (Å²) in [7, 11) is 0. The highest BCUT2D eigenvalue weighted by Crippen LogP contribution is 2.14. The Labute approximate surface area is 166 Å². The van der Waals surface area contributed by atoms with Crippen molar-refractivity contribution in [3.63, 3.8) is 0 Å². The molecule has 0 spiro atoms. The number of anilines is 1. The highest BCUT2D eigenvalue weighted by molar-refractivity contribution is 6.04. The fraction of sp³-hybridized carbons (Fsp3) is 0.190. The molecule has 0 fully saturated rings. The molecule has 1 amide bonds. The van der Waals surface area contributed by atoms with Crippen LogP contribution in [0.1, 0.15) is 32.9 Å². The first-order valence-corrected chi connectivity index (χ1v) is 9.16. The third-order valence-electron chi connectivity index (χ3n) is 4.65. The number of amides is 1. The van der Waals surface area contributed by atoms with Crippen molar-refractivity contribution in [2.75, 3.05) is 5.32 Å². The summed E-state index contributed by atoms with van der Waals surface area (Å²) in [4.78, 5) is 34.3. The largest absolute Gasteiger partial charge is 0.310 e. The minimum absolute atomic E-state index is 0.0920. The predicted molar refractivity (Wildman–Crippen MR) is 109 cm³/mol. The molecule has 0 bridgehead atoms. The average molecular weight is 388 g/mol. The molecule has 4 rings (SSSR count). The molecular formula is C21H20N6O2. The van der Waals surface area contributed by atoms with Crippen LogP contribution in [0.4, 0.5) is 5.82 Å². The van der Waals surface area contributed by atoms with Crippen molar-refractivity contribution < 1.29 is 4.79 Å². The maximum Gasteiger partial charge on any atom is 0.263 e. The van der Waals surface area contributed by atoms with Gasteiger partial charge >= 0.3 is 0 Å². The summed E-state index contributed by atoms with van der Waals surface area (Å²) >= 11 is 0. The van der Waals surface area contributed by atoms with Crippen LogP contribution in [0, 0.1) is 20.8 Å². The van der Waals surface area contributed by atoms with Crippen LogP contribution in [-0.2, 0) is 6.54 Å². The number of fused-ring (bicyclic) bond motifs is 1. The summed E-state index contributed by atoms with van der Waals surface area (Å²) in [6, 6.07) is 9.04. The summed E-state index contributed by atoms with van der Waals surface area (Å²) in [6.45, 7) is 5.89. The van der Waals surface area contributed by atoms with Crippen molar-refractivity contribution in [1.82, 2.24) is 24.1 Å². The van der Waals surface area contributed by atoms with Crippen LogP contribution < -0.4 is 10.9 Å². The van der Waals surface area contributed by atoms with Crippen molar-refractivity contribution >= 4 is 17.4 Å². The van der Waals surface area contributed by atoms with Crippen LogP contribution in [0.3, 0.4) is 0 Å². The van der Waals surface area contributed by atoms with Gasteiger partial charge < -0.3 is 9.88 Å². The minimum Gasteiger partial charge on any atom is -0.310 e. The Bertz CT molecular complexity index is 1270. The lowest BCUT2D eigenvalue weighted by Gasteiger charge is -2.10. The summed E-state index contributed by atoms with van der Waals surface area (Å²) in [6.07, 6.45) is 5.05. The number of rotatable bonds is 4. The fourth-order valence-corrected chi connectivity index (χ4v) is 3.28. The fourth-order valence-electron chi connectivity index (χ4n) is 3.28. The van der Waals surface area contributed by atoms with Gasteiger partial charge in [-0.2, -0.15) is 0 Å². The predicted octanol–water partition coefficient (Wildman–Crippen LogP) is 2.51. The van der Waals surface area contributed by atoms with Gasteiger partial charge in [0.2, 0.25) is 0 Å². The van der Waals surface area contributed by atoms with Gasteiger partial charge in [-0.05, 0) is 50.1 Å². The van der Waals surface area contributed by atoms with E-state index in [1.165, 1.54) is 4.57 Å². The number of aryl methyl sites for hydroxylation is 3. The van der Waals surface area contributed by atoms with Crippen LogP contribution in [0.5, 0.6) is 0 Å². The highest BCUT2D eigenvalue weighted by atomic mass is 16.2. The molecule has 0 radical (unpaired) electrons. The number of carbonyl (C=O) groups is 1. The lowest BCUT2D eigenvalue weighted by Crippen LogP contribution is -2.30. The second kappa shape index (κ2) is 7.31. The number of pyridine rings is 2.